The highest BCUT2D eigenvalue weighted by Crippen LogP contribution is 2.26. The molecule has 0 bridgehead atoms. The molecule has 0 atom stereocenters. The minimum absolute atomic E-state index is 0.0500. The Bertz CT molecular complexity index is 1070. The molecule has 1 fully saturated rings. The standard InChI is InChI=1S/C25H28N4O2/c1-17-15-19(3)22(16-18(17)2)23-9-10-24(27-26-23)28-11-13-29(14-12-28)25(30)20-5-7-21(31-4)8-6-20/h5-10,15-16H,11-14H2,1-4H3. The lowest BCUT2D eigenvalue weighted by atomic mass is 9.99. The van der Waals surface area contributed by atoms with Crippen molar-refractivity contribution in [2.75, 3.05) is 38.2 Å². The van der Waals surface area contributed by atoms with Crippen molar-refractivity contribution in [3.8, 4) is 17.0 Å². The lowest BCUT2D eigenvalue weighted by molar-refractivity contribution is 0.0746. The molecular formula is C25H28N4O2. The average molecular weight is 417 g/mol. The molecule has 2 heterocycles. The highest BCUT2D eigenvalue weighted by atomic mass is 16.5. The Morgan fingerprint density at radius 1 is 0.839 bits per heavy atom. The number of anilines is 1. The smallest absolute Gasteiger partial charge is 0.253 e. The van der Waals surface area contributed by atoms with Crippen molar-refractivity contribution >= 4 is 11.7 Å². The third kappa shape index (κ3) is 4.38. The normalized spacial score (nSPS) is 13.9. The third-order valence-corrected chi connectivity index (χ3v) is 5.99. The number of aromatic nitrogens is 2. The quantitative estimate of drug-likeness (QED) is 0.642. The van der Waals surface area contributed by atoms with Crippen molar-refractivity contribution in [3.05, 3.63) is 70.8 Å². The Balaban J connectivity index is 1.41. The van der Waals surface area contributed by atoms with Crippen LogP contribution in [0.1, 0.15) is 27.0 Å². The molecule has 1 aliphatic rings. The van der Waals surface area contributed by atoms with Gasteiger partial charge in [-0.25, -0.2) is 0 Å². The number of amides is 1. The van der Waals surface area contributed by atoms with Crippen LogP contribution in [0.2, 0.25) is 0 Å². The van der Waals surface area contributed by atoms with E-state index in [2.05, 4.69) is 48.0 Å². The van der Waals surface area contributed by atoms with Crippen LogP contribution in [0.4, 0.5) is 5.82 Å². The summed E-state index contributed by atoms with van der Waals surface area (Å²) in [5.74, 6) is 1.65. The number of rotatable bonds is 4. The number of aryl methyl sites for hydroxylation is 3. The van der Waals surface area contributed by atoms with E-state index in [0.717, 1.165) is 35.9 Å². The van der Waals surface area contributed by atoms with E-state index in [-0.39, 0.29) is 5.91 Å². The lowest BCUT2D eigenvalue weighted by Gasteiger charge is -2.35. The van der Waals surface area contributed by atoms with Gasteiger partial charge in [0.05, 0.1) is 12.8 Å². The number of ether oxygens (including phenoxy) is 1. The lowest BCUT2D eigenvalue weighted by Crippen LogP contribution is -2.49. The van der Waals surface area contributed by atoms with Gasteiger partial charge in [0, 0.05) is 37.3 Å². The fraction of sp³-hybridized carbons (Fsp3) is 0.320. The molecular weight excluding hydrogens is 388 g/mol. The summed E-state index contributed by atoms with van der Waals surface area (Å²) < 4.78 is 5.17. The van der Waals surface area contributed by atoms with E-state index in [9.17, 15) is 4.79 Å². The largest absolute Gasteiger partial charge is 0.497 e. The molecule has 0 spiro atoms. The number of nitrogens with zero attached hydrogens (tertiary/aromatic N) is 4. The van der Waals surface area contributed by atoms with Crippen LogP contribution in [-0.4, -0.2) is 54.3 Å². The molecule has 1 aromatic heterocycles. The molecule has 1 saturated heterocycles. The first-order valence-corrected chi connectivity index (χ1v) is 10.6. The van der Waals surface area contributed by atoms with Gasteiger partial charge < -0.3 is 14.5 Å². The van der Waals surface area contributed by atoms with E-state index in [0.29, 0.717) is 18.7 Å². The fourth-order valence-electron chi connectivity index (χ4n) is 3.93. The van der Waals surface area contributed by atoms with E-state index in [1.165, 1.54) is 16.7 Å². The molecule has 1 amide bonds. The molecule has 160 valence electrons. The second-order valence-corrected chi connectivity index (χ2v) is 8.04. The monoisotopic (exact) mass is 416 g/mol. The number of benzene rings is 2. The molecule has 0 aliphatic carbocycles. The predicted molar refractivity (Wildman–Crippen MR) is 123 cm³/mol. The summed E-state index contributed by atoms with van der Waals surface area (Å²) in [7, 11) is 1.62. The van der Waals surface area contributed by atoms with Crippen molar-refractivity contribution in [1.29, 1.82) is 0 Å². The Morgan fingerprint density at radius 3 is 2.13 bits per heavy atom. The Kier molecular flexibility index (Phi) is 5.89. The first-order valence-electron chi connectivity index (χ1n) is 10.6. The second kappa shape index (κ2) is 8.76. The summed E-state index contributed by atoms with van der Waals surface area (Å²) in [6.45, 7) is 9.13. The van der Waals surface area contributed by atoms with Crippen LogP contribution in [-0.2, 0) is 0 Å². The van der Waals surface area contributed by atoms with Crippen LogP contribution in [0.15, 0.2) is 48.5 Å². The van der Waals surface area contributed by atoms with E-state index >= 15 is 0 Å². The van der Waals surface area contributed by atoms with Gasteiger partial charge in [0.1, 0.15) is 5.75 Å². The summed E-state index contributed by atoms with van der Waals surface area (Å²) in [6, 6.07) is 15.7. The molecule has 4 rings (SSSR count). The first-order chi connectivity index (χ1) is 15.0. The van der Waals surface area contributed by atoms with Gasteiger partial charge >= 0.3 is 0 Å². The predicted octanol–water partition coefficient (Wildman–Crippen LogP) is 4.04. The molecule has 3 aromatic rings. The third-order valence-electron chi connectivity index (χ3n) is 5.99. The number of piperazine rings is 1. The second-order valence-electron chi connectivity index (χ2n) is 8.04. The van der Waals surface area contributed by atoms with Crippen LogP contribution in [0.5, 0.6) is 5.75 Å². The van der Waals surface area contributed by atoms with Gasteiger partial charge in [-0.05, 0) is 79.9 Å². The van der Waals surface area contributed by atoms with Crippen LogP contribution in [0.3, 0.4) is 0 Å². The van der Waals surface area contributed by atoms with Gasteiger partial charge in [-0.2, -0.15) is 0 Å². The van der Waals surface area contributed by atoms with Crippen molar-refractivity contribution in [3.63, 3.8) is 0 Å². The maximum absolute atomic E-state index is 12.8. The zero-order valence-electron chi connectivity index (χ0n) is 18.6. The van der Waals surface area contributed by atoms with Crippen LogP contribution in [0, 0.1) is 20.8 Å². The molecule has 0 saturated carbocycles. The van der Waals surface area contributed by atoms with E-state index in [1.807, 2.05) is 41.3 Å². The topological polar surface area (TPSA) is 58.6 Å². The van der Waals surface area contributed by atoms with Crippen molar-refractivity contribution in [2.45, 2.75) is 20.8 Å². The highest BCUT2D eigenvalue weighted by molar-refractivity contribution is 5.94. The van der Waals surface area contributed by atoms with Gasteiger partial charge in [-0.3, -0.25) is 4.79 Å². The van der Waals surface area contributed by atoms with Gasteiger partial charge in [-0.15, -0.1) is 10.2 Å². The summed E-state index contributed by atoms with van der Waals surface area (Å²) in [5.41, 5.74) is 6.43. The van der Waals surface area contributed by atoms with Gasteiger partial charge in [0.2, 0.25) is 0 Å². The van der Waals surface area contributed by atoms with Crippen molar-refractivity contribution in [2.24, 2.45) is 0 Å². The van der Waals surface area contributed by atoms with Gasteiger partial charge in [0.25, 0.3) is 5.91 Å². The maximum Gasteiger partial charge on any atom is 0.253 e. The summed E-state index contributed by atoms with van der Waals surface area (Å²) in [4.78, 5) is 16.8. The van der Waals surface area contributed by atoms with Crippen LogP contribution >= 0.6 is 0 Å². The number of carbonyl (C=O) groups excluding carboxylic acids is 1. The Morgan fingerprint density at radius 2 is 1.52 bits per heavy atom. The number of hydrogen-bond acceptors (Lipinski definition) is 5. The van der Waals surface area contributed by atoms with Crippen LogP contribution < -0.4 is 9.64 Å². The SMILES string of the molecule is COc1ccc(C(=O)N2CCN(c3ccc(-c4cc(C)c(C)cc4C)nn3)CC2)cc1. The van der Waals surface area contributed by atoms with E-state index < -0.39 is 0 Å². The molecule has 6 nitrogen and oxygen atoms in total. The van der Waals surface area contributed by atoms with Crippen molar-refractivity contribution < 1.29 is 9.53 Å². The first kappa shape index (κ1) is 20.8. The maximum atomic E-state index is 12.8. The number of methoxy groups -OCH3 is 1. The number of hydrogen-bond donors (Lipinski definition) is 0. The summed E-state index contributed by atoms with van der Waals surface area (Å²) in [5, 5.41) is 8.97. The van der Waals surface area contributed by atoms with Crippen molar-refractivity contribution in [1.82, 2.24) is 15.1 Å². The van der Waals surface area contributed by atoms with Gasteiger partial charge in [-0.1, -0.05) is 6.07 Å². The minimum Gasteiger partial charge on any atom is -0.497 e. The Labute approximate surface area is 183 Å². The zero-order valence-corrected chi connectivity index (χ0v) is 18.6. The molecule has 0 radical (unpaired) electrons. The molecule has 0 unspecified atom stereocenters. The average Bonchev–Trinajstić information content (AvgIpc) is 2.81. The van der Waals surface area contributed by atoms with E-state index in [4.69, 9.17) is 4.74 Å². The molecule has 31 heavy (non-hydrogen) atoms. The fourth-order valence-corrected chi connectivity index (χ4v) is 3.93. The molecule has 0 N–H and O–H groups in total. The zero-order chi connectivity index (χ0) is 22.0. The Hall–Kier alpha value is -3.41. The molecule has 1 aliphatic heterocycles. The molecule has 2 aromatic carbocycles. The minimum atomic E-state index is 0.0500. The highest BCUT2D eigenvalue weighted by Gasteiger charge is 2.23. The number of carbonyl (C=O) groups is 1. The van der Waals surface area contributed by atoms with Gasteiger partial charge in [0.15, 0.2) is 5.82 Å². The molecule has 6 heteroatoms. The van der Waals surface area contributed by atoms with Crippen LogP contribution in [0.25, 0.3) is 11.3 Å². The van der Waals surface area contributed by atoms with E-state index in [1.54, 1.807) is 7.11 Å². The summed E-state index contributed by atoms with van der Waals surface area (Å²) in [6.07, 6.45) is 0. The summed E-state index contributed by atoms with van der Waals surface area (Å²) >= 11 is 0.